The highest BCUT2D eigenvalue weighted by Crippen LogP contribution is 2.31. The van der Waals surface area contributed by atoms with Crippen LogP contribution in [0.1, 0.15) is 27.2 Å². The number of nitrogens with one attached hydrogen (secondary N) is 1. The van der Waals surface area contributed by atoms with Crippen molar-refractivity contribution >= 4 is 52.4 Å². The molecule has 0 saturated carbocycles. The molecule has 5 nitrogen and oxygen atoms in total. The van der Waals surface area contributed by atoms with Crippen LogP contribution in [0.4, 0.5) is 5.69 Å². The number of nitrogens with zero attached hydrogens (tertiary/aromatic N) is 1. The van der Waals surface area contributed by atoms with E-state index in [4.69, 9.17) is 39.5 Å². The minimum atomic E-state index is -0.865. The Bertz CT molecular complexity index is 830. The summed E-state index contributed by atoms with van der Waals surface area (Å²) in [6, 6.07) is 3.90. The molecule has 1 heterocycles. The highest BCUT2D eigenvalue weighted by atomic mass is 35.5. The van der Waals surface area contributed by atoms with Gasteiger partial charge in [0.1, 0.15) is 0 Å². The summed E-state index contributed by atoms with van der Waals surface area (Å²) < 4.78 is 4.94. The summed E-state index contributed by atoms with van der Waals surface area (Å²) in [5.74, 6) is -1.34. The largest absolute Gasteiger partial charge is 0.451 e. The molecule has 132 valence electrons. The standard InChI is InChI=1S/C17H15Cl3N2O3/c1-8-4-9(2)15(10(3)5-8)22-12(23)7-25-17(24)16-14(20)13(19)11(18)6-21-16/h4-6H,7H2,1-3H3,(H,22,23). The summed E-state index contributed by atoms with van der Waals surface area (Å²) in [4.78, 5) is 27.9. The fourth-order valence-corrected chi connectivity index (χ4v) is 2.90. The number of aryl methyl sites for hydroxylation is 3. The van der Waals surface area contributed by atoms with Crippen molar-refractivity contribution in [2.45, 2.75) is 20.8 Å². The second kappa shape index (κ2) is 8.04. The van der Waals surface area contributed by atoms with Crippen LogP contribution in [-0.4, -0.2) is 23.5 Å². The lowest BCUT2D eigenvalue weighted by atomic mass is 10.1. The minimum absolute atomic E-state index is 0.000592. The van der Waals surface area contributed by atoms with Crippen molar-refractivity contribution in [1.82, 2.24) is 4.98 Å². The Morgan fingerprint density at radius 2 is 1.68 bits per heavy atom. The number of pyridine rings is 1. The number of halogens is 3. The lowest BCUT2D eigenvalue weighted by molar-refractivity contribution is -0.119. The van der Waals surface area contributed by atoms with Crippen molar-refractivity contribution in [1.29, 1.82) is 0 Å². The van der Waals surface area contributed by atoms with Gasteiger partial charge in [0.2, 0.25) is 0 Å². The predicted molar refractivity (Wildman–Crippen MR) is 98.8 cm³/mol. The summed E-state index contributed by atoms with van der Waals surface area (Å²) >= 11 is 17.5. The van der Waals surface area contributed by atoms with E-state index in [2.05, 4.69) is 10.3 Å². The molecular weight excluding hydrogens is 387 g/mol. The van der Waals surface area contributed by atoms with E-state index >= 15 is 0 Å². The molecule has 1 N–H and O–H groups in total. The number of carbonyl (C=O) groups is 2. The molecule has 1 amide bonds. The van der Waals surface area contributed by atoms with Gasteiger partial charge in [-0.1, -0.05) is 52.5 Å². The zero-order chi connectivity index (χ0) is 18.7. The number of anilines is 1. The van der Waals surface area contributed by atoms with E-state index in [9.17, 15) is 9.59 Å². The summed E-state index contributed by atoms with van der Waals surface area (Å²) in [7, 11) is 0. The highest BCUT2D eigenvalue weighted by molar-refractivity contribution is 6.48. The topological polar surface area (TPSA) is 68.3 Å². The van der Waals surface area contributed by atoms with Crippen molar-refractivity contribution < 1.29 is 14.3 Å². The van der Waals surface area contributed by atoms with Gasteiger partial charge in [-0.15, -0.1) is 0 Å². The molecule has 0 aliphatic carbocycles. The first kappa shape index (κ1) is 19.5. The van der Waals surface area contributed by atoms with Gasteiger partial charge in [0.25, 0.3) is 5.91 Å². The first-order valence-corrected chi connectivity index (χ1v) is 8.38. The number of hydrogen-bond donors (Lipinski definition) is 1. The smallest absolute Gasteiger partial charge is 0.359 e. The zero-order valence-electron chi connectivity index (χ0n) is 13.7. The van der Waals surface area contributed by atoms with Crippen molar-refractivity contribution in [2.75, 3.05) is 11.9 Å². The van der Waals surface area contributed by atoms with Crippen LogP contribution in [0.25, 0.3) is 0 Å². The first-order valence-electron chi connectivity index (χ1n) is 7.25. The Morgan fingerprint density at radius 3 is 2.28 bits per heavy atom. The third kappa shape index (κ3) is 4.63. The van der Waals surface area contributed by atoms with Crippen LogP contribution in [0.15, 0.2) is 18.3 Å². The third-order valence-electron chi connectivity index (χ3n) is 3.39. The lowest BCUT2D eigenvalue weighted by Crippen LogP contribution is -2.22. The molecule has 25 heavy (non-hydrogen) atoms. The Morgan fingerprint density at radius 1 is 1.08 bits per heavy atom. The second-order valence-electron chi connectivity index (χ2n) is 5.48. The number of carbonyl (C=O) groups excluding carboxylic acids is 2. The van der Waals surface area contributed by atoms with E-state index in [1.54, 1.807) is 0 Å². The van der Waals surface area contributed by atoms with Crippen LogP contribution < -0.4 is 5.32 Å². The zero-order valence-corrected chi connectivity index (χ0v) is 16.0. The van der Waals surface area contributed by atoms with Crippen molar-refractivity contribution in [3.05, 3.63) is 55.8 Å². The van der Waals surface area contributed by atoms with Gasteiger partial charge in [0, 0.05) is 11.9 Å². The average molecular weight is 402 g/mol. The molecule has 0 atom stereocenters. The van der Waals surface area contributed by atoms with Gasteiger partial charge in [-0.2, -0.15) is 0 Å². The Balaban J connectivity index is 2.03. The molecule has 0 spiro atoms. The number of ether oxygens (including phenoxy) is 1. The van der Waals surface area contributed by atoms with Gasteiger partial charge in [-0.25, -0.2) is 9.78 Å². The van der Waals surface area contributed by atoms with Gasteiger partial charge in [0.05, 0.1) is 15.1 Å². The summed E-state index contributed by atoms with van der Waals surface area (Å²) in [6.07, 6.45) is 1.19. The van der Waals surface area contributed by atoms with Crippen LogP contribution in [-0.2, 0) is 9.53 Å². The van der Waals surface area contributed by atoms with Crippen molar-refractivity contribution in [2.24, 2.45) is 0 Å². The van der Waals surface area contributed by atoms with Gasteiger partial charge in [0.15, 0.2) is 12.3 Å². The molecule has 1 aromatic carbocycles. The number of benzene rings is 1. The molecule has 1 aromatic heterocycles. The van der Waals surface area contributed by atoms with Crippen molar-refractivity contribution in [3.8, 4) is 0 Å². The van der Waals surface area contributed by atoms with Gasteiger partial charge in [-0.05, 0) is 31.9 Å². The van der Waals surface area contributed by atoms with E-state index in [1.165, 1.54) is 6.20 Å². The minimum Gasteiger partial charge on any atom is -0.451 e. The molecule has 0 unspecified atom stereocenters. The van der Waals surface area contributed by atoms with Crippen LogP contribution in [0.2, 0.25) is 15.1 Å². The monoisotopic (exact) mass is 400 g/mol. The molecule has 2 aromatic rings. The normalized spacial score (nSPS) is 10.5. The molecule has 0 aliphatic heterocycles. The Kier molecular flexibility index (Phi) is 6.27. The van der Waals surface area contributed by atoms with Gasteiger partial charge < -0.3 is 10.1 Å². The lowest BCUT2D eigenvalue weighted by Gasteiger charge is -2.13. The number of amides is 1. The summed E-state index contributed by atoms with van der Waals surface area (Å²) in [6.45, 7) is 5.27. The maximum absolute atomic E-state index is 12.1. The van der Waals surface area contributed by atoms with E-state index in [-0.39, 0.29) is 20.8 Å². The van der Waals surface area contributed by atoms with Crippen LogP contribution in [0.3, 0.4) is 0 Å². The molecule has 2 rings (SSSR count). The average Bonchev–Trinajstić information content (AvgIpc) is 2.54. The van der Waals surface area contributed by atoms with E-state index in [1.807, 2.05) is 32.9 Å². The fourth-order valence-electron chi connectivity index (χ4n) is 2.34. The van der Waals surface area contributed by atoms with E-state index < -0.39 is 18.5 Å². The number of esters is 1. The SMILES string of the molecule is Cc1cc(C)c(NC(=O)COC(=O)c2ncc(Cl)c(Cl)c2Cl)c(C)c1. The third-order valence-corrected chi connectivity index (χ3v) is 4.63. The summed E-state index contributed by atoms with van der Waals surface area (Å²) in [5, 5.41) is 2.73. The van der Waals surface area contributed by atoms with Crippen LogP contribution >= 0.6 is 34.8 Å². The van der Waals surface area contributed by atoms with Crippen molar-refractivity contribution in [3.63, 3.8) is 0 Å². The molecule has 0 saturated heterocycles. The molecule has 0 bridgehead atoms. The maximum Gasteiger partial charge on any atom is 0.359 e. The first-order chi connectivity index (χ1) is 11.7. The number of hydrogen-bond acceptors (Lipinski definition) is 4. The number of aromatic nitrogens is 1. The molecule has 8 heteroatoms. The highest BCUT2D eigenvalue weighted by Gasteiger charge is 2.19. The van der Waals surface area contributed by atoms with Crippen LogP contribution in [0.5, 0.6) is 0 Å². The quantitative estimate of drug-likeness (QED) is 0.750. The van der Waals surface area contributed by atoms with E-state index in [0.717, 1.165) is 16.7 Å². The fraction of sp³-hybridized carbons (Fsp3) is 0.235. The van der Waals surface area contributed by atoms with Gasteiger partial charge in [-0.3, -0.25) is 4.79 Å². The summed E-state index contributed by atoms with van der Waals surface area (Å²) in [5.41, 5.74) is 3.43. The van der Waals surface area contributed by atoms with E-state index in [0.29, 0.717) is 5.69 Å². The second-order valence-corrected chi connectivity index (χ2v) is 6.64. The Labute approximate surface area is 160 Å². The Hall–Kier alpha value is -1.82. The molecule has 0 aliphatic rings. The maximum atomic E-state index is 12.1. The molecular formula is C17H15Cl3N2O3. The molecule has 0 fully saturated rings. The predicted octanol–water partition coefficient (Wildman–Crippen LogP) is 4.76. The number of rotatable bonds is 4. The van der Waals surface area contributed by atoms with Gasteiger partial charge >= 0.3 is 5.97 Å². The molecule has 0 radical (unpaired) electrons. The van der Waals surface area contributed by atoms with Crippen LogP contribution in [0, 0.1) is 20.8 Å².